The summed E-state index contributed by atoms with van der Waals surface area (Å²) in [5.74, 6) is -0.171. The highest BCUT2D eigenvalue weighted by molar-refractivity contribution is 5.85. The van der Waals surface area contributed by atoms with E-state index in [2.05, 4.69) is 5.10 Å². The van der Waals surface area contributed by atoms with Crippen LogP contribution in [0.2, 0.25) is 0 Å². The van der Waals surface area contributed by atoms with Gasteiger partial charge in [-0.25, -0.2) is 0 Å². The van der Waals surface area contributed by atoms with Crippen LogP contribution in [0.25, 0.3) is 0 Å². The van der Waals surface area contributed by atoms with Crippen LogP contribution in [0.5, 0.6) is 0 Å². The number of hydrogen-bond acceptors (Lipinski definition) is 3. The van der Waals surface area contributed by atoms with Crippen LogP contribution in [0.15, 0.2) is 18.5 Å². The molecule has 1 saturated carbocycles. The number of alkyl halides is 3. The van der Waals surface area contributed by atoms with Gasteiger partial charge >= 0.3 is 6.18 Å². The predicted molar refractivity (Wildman–Crippen MR) is 82.4 cm³/mol. The van der Waals surface area contributed by atoms with E-state index in [0.29, 0.717) is 25.4 Å². The number of hydrogen-bond donors (Lipinski definition) is 1. The Hall–Kier alpha value is -2.06. The Morgan fingerprint density at radius 3 is 2.44 bits per heavy atom. The van der Waals surface area contributed by atoms with E-state index in [1.54, 1.807) is 17.2 Å². The minimum atomic E-state index is -4.47. The van der Waals surface area contributed by atoms with Crippen molar-refractivity contribution in [1.29, 1.82) is 0 Å². The molecule has 1 aromatic heterocycles. The zero-order chi connectivity index (χ0) is 18.1. The minimum absolute atomic E-state index is 0.0623. The lowest BCUT2D eigenvalue weighted by molar-refractivity contribution is -0.148. The van der Waals surface area contributed by atoms with E-state index >= 15 is 0 Å². The fourth-order valence-electron chi connectivity index (χ4n) is 3.25. The molecule has 2 fully saturated rings. The van der Waals surface area contributed by atoms with Crippen molar-refractivity contribution in [3.63, 3.8) is 0 Å². The third-order valence-electron chi connectivity index (χ3n) is 4.92. The van der Waals surface area contributed by atoms with E-state index < -0.39 is 24.2 Å². The van der Waals surface area contributed by atoms with Crippen molar-refractivity contribution in [2.24, 2.45) is 5.92 Å². The molecule has 1 aliphatic heterocycles. The largest absolute Gasteiger partial charge is 0.405 e. The number of carbonyl (C=O) groups is 2. The van der Waals surface area contributed by atoms with Crippen molar-refractivity contribution in [2.75, 3.05) is 19.6 Å². The van der Waals surface area contributed by atoms with E-state index in [9.17, 15) is 22.8 Å². The first-order chi connectivity index (χ1) is 11.8. The number of piperidine rings is 1. The van der Waals surface area contributed by atoms with E-state index in [1.807, 2.05) is 5.32 Å². The Bertz CT molecular complexity index is 618. The molecule has 1 N–H and O–H groups in total. The molecule has 1 saturated heterocycles. The zero-order valence-corrected chi connectivity index (χ0v) is 13.8. The van der Waals surface area contributed by atoms with Crippen LogP contribution < -0.4 is 5.32 Å². The fraction of sp³-hybridized carbons (Fsp3) is 0.688. The van der Waals surface area contributed by atoms with Crippen LogP contribution in [0.4, 0.5) is 13.2 Å². The molecule has 2 amide bonds. The molecule has 2 heterocycles. The zero-order valence-electron chi connectivity index (χ0n) is 13.8. The molecular formula is C16H21F3N4O2. The fourth-order valence-corrected chi connectivity index (χ4v) is 3.25. The maximum atomic E-state index is 12.6. The number of carbonyl (C=O) groups excluding carboxylic acids is 2. The van der Waals surface area contributed by atoms with Crippen LogP contribution in [0, 0.1) is 5.92 Å². The van der Waals surface area contributed by atoms with Crippen LogP contribution >= 0.6 is 0 Å². The lowest BCUT2D eigenvalue weighted by Crippen LogP contribution is -2.57. The molecular weight excluding hydrogens is 337 g/mol. The van der Waals surface area contributed by atoms with Gasteiger partial charge in [-0.15, -0.1) is 0 Å². The Morgan fingerprint density at radius 1 is 1.24 bits per heavy atom. The Balaban J connectivity index is 1.69. The topological polar surface area (TPSA) is 67.2 Å². The average Bonchev–Trinajstić information content (AvgIpc) is 3.20. The normalized spacial score (nSPS) is 20.4. The van der Waals surface area contributed by atoms with Gasteiger partial charge in [0.2, 0.25) is 11.8 Å². The van der Waals surface area contributed by atoms with Gasteiger partial charge in [0.15, 0.2) is 0 Å². The summed E-state index contributed by atoms with van der Waals surface area (Å²) in [4.78, 5) is 26.5. The highest BCUT2D eigenvalue weighted by atomic mass is 19.4. The second-order valence-corrected chi connectivity index (χ2v) is 6.81. The highest BCUT2D eigenvalue weighted by Crippen LogP contribution is 2.35. The minimum Gasteiger partial charge on any atom is -0.345 e. The second-order valence-electron chi connectivity index (χ2n) is 6.81. The quantitative estimate of drug-likeness (QED) is 0.871. The number of nitrogens with zero attached hydrogens (tertiary/aromatic N) is 3. The Morgan fingerprint density at radius 2 is 1.92 bits per heavy atom. The summed E-state index contributed by atoms with van der Waals surface area (Å²) in [6.45, 7) is -0.700. The van der Waals surface area contributed by atoms with Crippen LogP contribution in [-0.4, -0.2) is 52.3 Å². The van der Waals surface area contributed by atoms with Gasteiger partial charge < -0.3 is 10.2 Å². The predicted octanol–water partition coefficient (Wildman–Crippen LogP) is 1.68. The molecule has 0 aromatic carbocycles. The number of rotatable bonds is 5. The highest BCUT2D eigenvalue weighted by Gasteiger charge is 2.45. The summed E-state index contributed by atoms with van der Waals surface area (Å²) in [7, 11) is 0. The van der Waals surface area contributed by atoms with Gasteiger partial charge in [-0.05, 0) is 37.7 Å². The van der Waals surface area contributed by atoms with Crippen molar-refractivity contribution in [3.05, 3.63) is 18.5 Å². The summed E-state index contributed by atoms with van der Waals surface area (Å²) in [6, 6.07) is 1.63. The van der Waals surface area contributed by atoms with Gasteiger partial charge in [0.1, 0.15) is 12.1 Å². The molecule has 9 heteroatoms. The van der Waals surface area contributed by atoms with Crippen molar-refractivity contribution in [1.82, 2.24) is 20.0 Å². The van der Waals surface area contributed by atoms with Gasteiger partial charge in [0, 0.05) is 31.9 Å². The molecule has 0 radical (unpaired) electrons. The van der Waals surface area contributed by atoms with Gasteiger partial charge in [0.25, 0.3) is 0 Å². The van der Waals surface area contributed by atoms with Crippen molar-refractivity contribution in [3.8, 4) is 0 Å². The first-order valence-electron chi connectivity index (χ1n) is 8.43. The van der Waals surface area contributed by atoms with E-state index in [4.69, 9.17) is 0 Å². The summed E-state index contributed by atoms with van der Waals surface area (Å²) >= 11 is 0. The molecule has 25 heavy (non-hydrogen) atoms. The first kappa shape index (κ1) is 17.8. The Kier molecular flexibility index (Phi) is 4.75. The van der Waals surface area contributed by atoms with Crippen molar-refractivity contribution < 1.29 is 22.8 Å². The summed E-state index contributed by atoms with van der Waals surface area (Å²) in [5, 5.41) is 6.06. The molecule has 0 spiro atoms. The van der Waals surface area contributed by atoms with E-state index in [1.165, 1.54) is 10.9 Å². The van der Waals surface area contributed by atoms with Crippen LogP contribution in [0.3, 0.4) is 0 Å². The van der Waals surface area contributed by atoms with Crippen molar-refractivity contribution in [2.45, 2.75) is 43.8 Å². The Labute approximate surface area is 143 Å². The first-order valence-corrected chi connectivity index (χ1v) is 8.43. The molecule has 0 bridgehead atoms. The third-order valence-corrected chi connectivity index (χ3v) is 4.92. The van der Waals surface area contributed by atoms with Gasteiger partial charge in [0.05, 0.1) is 0 Å². The molecule has 2 aliphatic rings. The lowest BCUT2D eigenvalue weighted by atomic mass is 9.86. The van der Waals surface area contributed by atoms with Gasteiger partial charge in [-0.3, -0.25) is 14.3 Å². The number of nitrogens with one attached hydrogen (secondary N) is 1. The molecule has 1 aromatic rings. The lowest BCUT2D eigenvalue weighted by Gasteiger charge is -2.40. The number of halogens is 3. The SMILES string of the molecule is O=C(CC1CC1)N1CCC(C(=O)NCC(F)(F)F)(n2cccn2)CC1. The molecule has 3 rings (SSSR count). The standard InChI is InChI=1S/C16H21F3N4O2/c17-16(18,19)11-20-14(25)15(23-7-1-6-21-23)4-8-22(9-5-15)13(24)10-12-2-3-12/h1,6-7,12H,2-5,8-11H2,(H,20,25). The summed E-state index contributed by atoms with van der Waals surface area (Å²) in [5.41, 5.74) is -1.19. The second kappa shape index (κ2) is 6.68. The summed E-state index contributed by atoms with van der Waals surface area (Å²) in [6.07, 6.45) is 1.77. The molecule has 6 nitrogen and oxygen atoms in total. The number of amides is 2. The maximum Gasteiger partial charge on any atom is 0.405 e. The maximum absolute atomic E-state index is 12.6. The molecule has 0 unspecified atom stereocenters. The number of likely N-dealkylation sites (tertiary alicyclic amines) is 1. The summed E-state index contributed by atoms with van der Waals surface area (Å²) < 4.78 is 38.8. The monoisotopic (exact) mass is 358 g/mol. The van der Waals surface area contributed by atoms with Crippen molar-refractivity contribution >= 4 is 11.8 Å². The van der Waals surface area contributed by atoms with Gasteiger partial charge in [-0.1, -0.05) is 0 Å². The van der Waals surface area contributed by atoms with E-state index in [-0.39, 0.29) is 18.7 Å². The molecule has 0 atom stereocenters. The molecule has 1 aliphatic carbocycles. The molecule has 138 valence electrons. The van der Waals surface area contributed by atoms with Gasteiger partial charge in [-0.2, -0.15) is 18.3 Å². The van der Waals surface area contributed by atoms with Crippen LogP contribution in [0.1, 0.15) is 32.1 Å². The smallest absolute Gasteiger partial charge is 0.345 e. The van der Waals surface area contributed by atoms with Crippen LogP contribution in [-0.2, 0) is 15.1 Å². The van der Waals surface area contributed by atoms with E-state index in [0.717, 1.165) is 12.8 Å². The third kappa shape index (κ3) is 4.13. The average molecular weight is 358 g/mol. The number of aromatic nitrogens is 2.